The highest BCUT2D eigenvalue weighted by Gasteiger charge is 2.22. The summed E-state index contributed by atoms with van der Waals surface area (Å²) < 4.78 is 5.71. The van der Waals surface area contributed by atoms with Gasteiger partial charge in [-0.1, -0.05) is 0 Å². The summed E-state index contributed by atoms with van der Waals surface area (Å²) >= 11 is 1.69. The molecule has 1 aliphatic carbocycles. The minimum absolute atomic E-state index is 0.660. The van der Waals surface area contributed by atoms with Crippen LogP contribution in [-0.2, 0) is 6.54 Å². The molecule has 1 aliphatic rings. The molecule has 20 heavy (non-hydrogen) atoms. The second kappa shape index (κ2) is 5.75. The second-order valence-corrected chi connectivity index (χ2v) is 6.41. The van der Waals surface area contributed by atoms with E-state index < -0.39 is 0 Å². The Morgan fingerprint density at radius 1 is 1.35 bits per heavy atom. The number of nitrogens with one attached hydrogen (secondary N) is 1. The first-order valence-corrected chi connectivity index (χ1v) is 7.64. The fraction of sp³-hybridized carbons (Fsp3) is 0.500. The Balaban J connectivity index is 1.62. The van der Waals surface area contributed by atoms with Crippen LogP contribution < -0.4 is 10.1 Å². The van der Waals surface area contributed by atoms with Gasteiger partial charge in [0.05, 0.1) is 18.2 Å². The highest BCUT2D eigenvalue weighted by Crippen LogP contribution is 2.29. The molecule has 2 aromatic heterocycles. The first-order chi connectivity index (χ1) is 9.69. The van der Waals surface area contributed by atoms with Crippen molar-refractivity contribution < 1.29 is 4.74 Å². The van der Waals surface area contributed by atoms with Gasteiger partial charge in [0.15, 0.2) is 0 Å². The number of aryl methyl sites for hydroxylation is 2. The number of hydrogen-bond donors (Lipinski definition) is 1. The summed E-state index contributed by atoms with van der Waals surface area (Å²) in [5, 5.41) is 4.38. The molecule has 0 saturated heterocycles. The smallest absolute Gasteiger partial charge is 0.218 e. The molecule has 0 aromatic carbocycles. The van der Waals surface area contributed by atoms with Crippen LogP contribution >= 0.6 is 11.3 Å². The molecule has 1 fully saturated rings. The maximum atomic E-state index is 5.71. The molecule has 1 saturated carbocycles. The van der Waals surface area contributed by atoms with E-state index in [1.165, 1.54) is 17.7 Å². The van der Waals surface area contributed by atoms with Gasteiger partial charge in [-0.05, 0) is 32.6 Å². The summed E-state index contributed by atoms with van der Waals surface area (Å²) in [7, 11) is 0. The van der Waals surface area contributed by atoms with Crippen LogP contribution in [0.5, 0.6) is 5.88 Å². The molecule has 0 unspecified atom stereocenters. The van der Waals surface area contributed by atoms with Crippen LogP contribution in [0, 0.1) is 19.8 Å². The monoisotopic (exact) mass is 290 g/mol. The maximum Gasteiger partial charge on any atom is 0.218 e. The minimum atomic E-state index is 0.660. The fourth-order valence-corrected chi connectivity index (χ4v) is 2.59. The van der Waals surface area contributed by atoms with Crippen LogP contribution in [0.1, 0.15) is 28.6 Å². The Kier molecular flexibility index (Phi) is 3.82. The molecule has 0 aliphatic heterocycles. The molecule has 0 bridgehead atoms. The van der Waals surface area contributed by atoms with Crippen molar-refractivity contribution >= 4 is 17.2 Å². The number of rotatable bonds is 6. The molecule has 0 amide bonds. The van der Waals surface area contributed by atoms with E-state index in [4.69, 9.17) is 4.74 Å². The van der Waals surface area contributed by atoms with Crippen LogP contribution in [0.3, 0.4) is 0 Å². The van der Waals surface area contributed by atoms with Crippen molar-refractivity contribution in [1.82, 2.24) is 15.0 Å². The number of aromatic nitrogens is 3. The number of ether oxygens (including phenoxy) is 1. The lowest BCUT2D eigenvalue weighted by molar-refractivity contribution is 0.287. The predicted octanol–water partition coefficient (Wildman–Crippen LogP) is 2.95. The summed E-state index contributed by atoms with van der Waals surface area (Å²) in [5.74, 6) is 2.91. The molecule has 3 rings (SSSR count). The van der Waals surface area contributed by atoms with Crippen LogP contribution in [0.2, 0.25) is 0 Å². The van der Waals surface area contributed by atoms with Crippen molar-refractivity contribution in [3.05, 3.63) is 28.0 Å². The van der Waals surface area contributed by atoms with E-state index in [0.717, 1.165) is 35.7 Å². The van der Waals surface area contributed by atoms with Gasteiger partial charge in [-0.25, -0.2) is 9.97 Å². The first kappa shape index (κ1) is 13.3. The van der Waals surface area contributed by atoms with Gasteiger partial charge in [0.25, 0.3) is 0 Å². The molecular weight excluding hydrogens is 272 g/mol. The summed E-state index contributed by atoms with van der Waals surface area (Å²) in [4.78, 5) is 14.1. The van der Waals surface area contributed by atoms with Gasteiger partial charge < -0.3 is 10.1 Å². The molecule has 5 nitrogen and oxygen atoms in total. The van der Waals surface area contributed by atoms with Crippen molar-refractivity contribution in [1.29, 1.82) is 0 Å². The van der Waals surface area contributed by atoms with Crippen molar-refractivity contribution in [2.75, 3.05) is 11.9 Å². The van der Waals surface area contributed by atoms with E-state index in [0.29, 0.717) is 5.88 Å². The van der Waals surface area contributed by atoms with Gasteiger partial charge in [0.2, 0.25) is 5.88 Å². The third-order valence-corrected chi connectivity index (χ3v) is 4.00. The molecule has 2 aromatic rings. The SMILES string of the molecule is Cc1nc(NCc2cnc(C)s2)cc(OCC2CC2)n1. The van der Waals surface area contributed by atoms with Gasteiger partial charge >= 0.3 is 0 Å². The Morgan fingerprint density at radius 3 is 2.90 bits per heavy atom. The molecule has 106 valence electrons. The van der Waals surface area contributed by atoms with Crippen LogP contribution in [-0.4, -0.2) is 21.6 Å². The van der Waals surface area contributed by atoms with Crippen LogP contribution in [0.4, 0.5) is 5.82 Å². The highest BCUT2D eigenvalue weighted by atomic mass is 32.1. The van der Waals surface area contributed by atoms with Gasteiger partial charge in [-0.3, -0.25) is 0 Å². The van der Waals surface area contributed by atoms with Gasteiger partial charge in [0.1, 0.15) is 11.6 Å². The molecule has 6 heteroatoms. The van der Waals surface area contributed by atoms with E-state index in [-0.39, 0.29) is 0 Å². The van der Waals surface area contributed by atoms with E-state index in [9.17, 15) is 0 Å². The number of anilines is 1. The topological polar surface area (TPSA) is 59.9 Å². The summed E-state index contributed by atoms with van der Waals surface area (Å²) in [5.41, 5.74) is 0. The molecule has 1 N–H and O–H groups in total. The zero-order valence-electron chi connectivity index (χ0n) is 11.7. The van der Waals surface area contributed by atoms with E-state index >= 15 is 0 Å². The summed E-state index contributed by atoms with van der Waals surface area (Å²) in [6.07, 6.45) is 4.45. The highest BCUT2D eigenvalue weighted by molar-refractivity contribution is 7.11. The lowest BCUT2D eigenvalue weighted by atomic mass is 10.4. The normalized spacial score (nSPS) is 14.3. The van der Waals surface area contributed by atoms with Crippen molar-refractivity contribution in [3.8, 4) is 5.88 Å². The molecule has 2 heterocycles. The zero-order chi connectivity index (χ0) is 13.9. The Hall–Kier alpha value is -1.69. The summed E-state index contributed by atoms with van der Waals surface area (Å²) in [6, 6.07) is 1.86. The third-order valence-electron chi connectivity index (χ3n) is 3.09. The minimum Gasteiger partial charge on any atom is -0.477 e. The molecule has 0 spiro atoms. The third kappa shape index (κ3) is 3.66. The number of hydrogen-bond acceptors (Lipinski definition) is 6. The van der Waals surface area contributed by atoms with Gasteiger partial charge in [0, 0.05) is 17.1 Å². The largest absolute Gasteiger partial charge is 0.477 e. The second-order valence-electron chi connectivity index (χ2n) is 5.09. The average molecular weight is 290 g/mol. The van der Waals surface area contributed by atoms with Crippen LogP contribution in [0.25, 0.3) is 0 Å². The fourth-order valence-electron chi connectivity index (χ4n) is 1.86. The van der Waals surface area contributed by atoms with E-state index in [1.807, 2.05) is 26.1 Å². The number of nitrogens with zero attached hydrogens (tertiary/aromatic N) is 3. The predicted molar refractivity (Wildman–Crippen MR) is 79.2 cm³/mol. The zero-order valence-corrected chi connectivity index (χ0v) is 12.5. The Morgan fingerprint density at radius 2 is 2.20 bits per heavy atom. The molecular formula is C14H18N4OS. The number of thiazole rings is 1. The van der Waals surface area contributed by atoms with Crippen molar-refractivity contribution in [2.24, 2.45) is 5.92 Å². The quantitative estimate of drug-likeness (QED) is 0.886. The molecule has 0 atom stereocenters. The van der Waals surface area contributed by atoms with Gasteiger partial charge in [-0.2, -0.15) is 4.98 Å². The van der Waals surface area contributed by atoms with E-state index in [2.05, 4.69) is 20.3 Å². The lowest BCUT2D eigenvalue weighted by Gasteiger charge is -2.08. The van der Waals surface area contributed by atoms with Gasteiger partial charge in [-0.15, -0.1) is 11.3 Å². The Labute approximate surface area is 122 Å². The maximum absolute atomic E-state index is 5.71. The van der Waals surface area contributed by atoms with Crippen molar-refractivity contribution in [3.63, 3.8) is 0 Å². The summed E-state index contributed by atoms with van der Waals surface area (Å²) in [6.45, 7) is 5.38. The van der Waals surface area contributed by atoms with Crippen LogP contribution in [0.15, 0.2) is 12.3 Å². The van der Waals surface area contributed by atoms with E-state index in [1.54, 1.807) is 11.3 Å². The van der Waals surface area contributed by atoms with Crippen molar-refractivity contribution in [2.45, 2.75) is 33.2 Å². The standard InChI is InChI=1S/C14H18N4OS/c1-9-17-13(16-7-12-6-15-10(2)20-12)5-14(18-9)19-8-11-3-4-11/h5-6,11H,3-4,7-8H2,1-2H3,(H,16,17,18). The lowest BCUT2D eigenvalue weighted by Crippen LogP contribution is -2.06. The first-order valence-electron chi connectivity index (χ1n) is 6.83. The average Bonchev–Trinajstić information content (AvgIpc) is 3.15. The molecule has 0 radical (unpaired) electrons. The Bertz CT molecular complexity index is 595.